The Balaban J connectivity index is 0.00000312. The van der Waals surface area contributed by atoms with Crippen molar-refractivity contribution in [1.29, 1.82) is 0 Å². The molecule has 1 saturated heterocycles. The van der Waals surface area contributed by atoms with E-state index >= 15 is 0 Å². The molecule has 2 rings (SSSR count). The van der Waals surface area contributed by atoms with Crippen LogP contribution in [0, 0.1) is 0 Å². The van der Waals surface area contributed by atoms with Crippen molar-refractivity contribution in [2.75, 3.05) is 26.2 Å². The van der Waals surface area contributed by atoms with Gasteiger partial charge in [-0.15, -0.1) is 24.0 Å². The Hall–Kier alpha value is -0.830. The third kappa shape index (κ3) is 7.94. The van der Waals surface area contributed by atoms with E-state index in [0.29, 0.717) is 6.54 Å². The molecule has 1 aromatic heterocycles. The van der Waals surface area contributed by atoms with Gasteiger partial charge in [-0.25, -0.2) is 4.99 Å². The summed E-state index contributed by atoms with van der Waals surface area (Å²) in [4.78, 5) is 7.18. The maximum absolute atomic E-state index is 5.28. The average Bonchev–Trinajstić information content (AvgIpc) is 3.06. The van der Waals surface area contributed by atoms with Crippen LogP contribution >= 0.6 is 24.0 Å². The maximum Gasteiger partial charge on any atom is 0.191 e. The first-order valence-electron chi connectivity index (χ1n) is 9.43. The topological polar surface area (TPSA) is 65.7 Å². The molecule has 1 atom stereocenters. The van der Waals surface area contributed by atoms with Gasteiger partial charge in [0, 0.05) is 31.7 Å². The lowest BCUT2D eigenvalue weighted by Crippen LogP contribution is -2.41. The summed E-state index contributed by atoms with van der Waals surface area (Å²) in [7, 11) is 0. The maximum atomic E-state index is 5.28. The van der Waals surface area contributed by atoms with Gasteiger partial charge in [-0.3, -0.25) is 0 Å². The molecular formula is C18H34IN5O. The van der Waals surface area contributed by atoms with E-state index < -0.39 is 0 Å². The highest BCUT2D eigenvalue weighted by Crippen LogP contribution is 2.16. The second-order valence-corrected chi connectivity index (χ2v) is 6.49. The molecule has 0 saturated carbocycles. The third-order valence-corrected chi connectivity index (χ3v) is 4.56. The highest BCUT2D eigenvalue weighted by atomic mass is 127. The molecule has 2 N–H and O–H groups in total. The lowest BCUT2D eigenvalue weighted by Gasteiger charge is -2.33. The largest absolute Gasteiger partial charge is 0.359 e. The molecule has 7 heteroatoms. The molecule has 1 fully saturated rings. The monoisotopic (exact) mass is 463 g/mol. The number of aliphatic imine (C=N–C) groups is 1. The Bertz CT molecular complexity index is 505. The number of aromatic nitrogens is 1. The molecule has 1 aliphatic rings. The number of nitrogens with zero attached hydrogens (tertiary/aromatic N) is 3. The molecule has 0 spiro atoms. The summed E-state index contributed by atoms with van der Waals surface area (Å²) in [5, 5.41) is 10.7. The average molecular weight is 463 g/mol. The van der Waals surface area contributed by atoms with E-state index in [9.17, 15) is 0 Å². The Morgan fingerprint density at radius 2 is 2.20 bits per heavy atom. The molecule has 0 bridgehead atoms. The first-order valence-corrected chi connectivity index (χ1v) is 9.43. The zero-order valence-electron chi connectivity index (χ0n) is 15.9. The molecule has 0 radical (unpaired) electrons. The summed E-state index contributed by atoms with van der Waals surface area (Å²) in [5.74, 6) is 1.66. The number of rotatable bonds is 8. The van der Waals surface area contributed by atoms with Crippen molar-refractivity contribution in [2.45, 2.75) is 65.5 Å². The lowest BCUT2D eigenvalue weighted by molar-refractivity contribution is 0.159. The van der Waals surface area contributed by atoms with Crippen molar-refractivity contribution in [1.82, 2.24) is 20.7 Å². The summed E-state index contributed by atoms with van der Waals surface area (Å²) < 4.78 is 5.28. The van der Waals surface area contributed by atoms with E-state index in [1.807, 2.05) is 6.07 Å². The van der Waals surface area contributed by atoms with Crippen molar-refractivity contribution in [3.63, 3.8) is 0 Å². The van der Waals surface area contributed by atoms with Gasteiger partial charge < -0.3 is 20.1 Å². The lowest BCUT2D eigenvalue weighted by atomic mass is 10.0. The Morgan fingerprint density at radius 3 is 2.88 bits per heavy atom. The molecule has 1 unspecified atom stereocenters. The molecule has 144 valence electrons. The van der Waals surface area contributed by atoms with Crippen LogP contribution in [-0.2, 0) is 13.0 Å². The van der Waals surface area contributed by atoms with Crippen molar-refractivity contribution >= 4 is 29.9 Å². The Labute approximate surface area is 169 Å². The minimum Gasteiger partial charge on any atom is -0.359 e. The molecular weight excluding hydrogens is 429 g/mol. The highest BCUT2D eigenvalue weighted by Gasteiger charge is 2.17. The minimum atomic E-state index is 0. The number of aryl methyl sites for hydroxylation is 1. The molecule has 1 aliphatic heterocycles. The highest BCUT2D eigenvalue weighted by molar-refractivity contribution is 14.0. The van der Waals surface area contributed by atoms with Crippen LogP contribution in [0.4, 0.5) is 0 Å². The van der Waals surface area contributed by atoms with Gasteiger partial charge >= 0.3 is 0 Å². The molecule has 1 aromatic rings. The summed E-state index contributed by atoms with van der Waals surface area (Å²) >= 11 is 0. The van der Waals surface area contributed by atoms with Crippen LogP contribution in [0.2, 0.25) is 0 Å². The Kier molecular flexibility index (Phi) is 11.1. The summed E-state index contributed by atoms with van der Waals surface area (Å²) in [6, 6.07) is 2.71. The van der Waals surface area contributed by atoms with Crippen LogP contribution in [0.3, 0.4) is 0 Å². The normalized spacial score (nSPS) is 18.7. The van der Waals surface area contributed by atoms with E-state index in [1.54, 1.807) is 0 Å². The van der Waals surface area contributed by atoms with Gasteiger partial charge in [-0.05, 0) is 46.1 Å². The van der Waals surface area contributed by atoms with Crippen LogP contribution in [-0.4, -0.2) is 48.2 Å². The second kappa shape index (κ2) is 12.5. The molecule has 25 heavy (non-hydrogen) atoms. The van der Waals surface area contributed by atoms with Crippen LogP contribution in [0.1, 0.15) is 57.9 Å². The third-order valence-electron chi connectivity index (χ3n) is 4.56. The van der Waals surface area contributed by atoms with Gasteiger partial charge in [0.2, 0.25) is 0 Å². The fourth-order valence-electron chi connectivity index (χ4n) is 3.07. The number of guanidine groups is 1. The second-order valence-electron chi connectivity index (χ2n) is 6.49. The van der Waals surface area contributed by atoms with E-state index in [-0.39, 0.29) is 24.0 Å². The van der Waals surface area contributed by atoms with Crippen LogP contribution in [0.5, 0.6) is 0 Å². The van der Waals surface area contributed by atoms with Gasteiger partial charge in [0.1, 0.15) is 6.54 Å². The van der Waals surface area contributed by atoms with Crippen molar-refractivity contribution < 1.29 is 4.52 Å². The van der Waals surface area contributed by atoms with E-state index in [2.05, 4.69) is 46.5 Å². The number of likely N-dealkylation sites (tertiary alicyclic amines) is 1. The Morgan fingerprint density at radius 1 is 1.36 bits per heavy atom. The zero-order chi connectivity index (χ0) is 17.2. The van der Waals surface area contributed by atoms with Gasteiger partial charge in [0.05, 0.1) is 5.69 Å². The van der Waals surface area contributed by atoms with E-state index in [4.69, 9.17) is 4.52 Å². The standard InChI is InChI=1S/C18H33N5O.HI/c1-4-16-13-17(24-22-16)14-21-18(19-5-2)20-10-8-12-23-11-7-6-9-15(23)3;/h13,15H,4-12,14H2,1-3H3,(H2,19,20,21);1H. The van der Waals surface area contributed by atoms with Crippen LogP contribution in [0.15, 0.2) is 15.6 Å². The predicted molar refractivity (Wildman–Crippen MR) is 114 cm³/mol. The number of hydrogen-bond donors (Lipinski definition) is 2. The van der Waals surface area contributed by atoms with Crippen molar-refractivity contribution in [2.24, 2.45) is 4.99 Å². The van der Waals surface area contributed by atoms with Crippen LogP contribution in [0.25, 0.3) is 0 Å². The zero-order valence-corrected chi connectivity index (χ0v) is 18.2. The summed E-state index contributed by atoms with van der Waals surface area (Å²) in [6.07, 6.45) is 6.10. The van der Waals surface area contributed by atoms with Crippen molar-refractivity contribution in [3.8, 4) is 0 Å². The molecule has 0 aromatic carbocycles. The van der Waals surface area contributed by atoms with E-state index in [1.165, 1.54) is 25.8 Å². The number of hydrogen-bond acceptors (Lipinski definition) is 4. The smallest absolute Gasteiger partial charge is 0.191 e. The van der Waals surface area contributed by atoms with Gasteiger partial charge in [0.25, 0.3) is 0 Å². The summed E-state index contributed by atoms with van der Waals surface area (Å²) in [6.45, 7) is 11.2. The predicted octanol–water partition coefficient (Wildman–Crippen LogP) is 3.17. The van der Waals surface area contributed by atoms with Gasteiger partial charge in [-0.1, -0.05) is 18.5 Å². The van der Waals surface area contributed by atoms with E-state index in [0.717, 1.165) is 55.9 Å². The van der Waals surface area contributed by atoms with Crippen LogP contribution < -0.4 is 10.6 Å². The molecule has 2 heterocycles. The molecule has 0 amide bonds. The fraction of sp³-hybridized carbons (Fsp3) is 0.778. The SMILES string of the molecule is CCNC(=NCc1cc(CC)no1)NCCCN1CCCCC1C.I. The van der Waals surface area contributed by atoms with Gasteiger partial charge in [-0.2, -0.15) is 0 Å². The number of halogens is 1. The quantitative estimate of drug-likeness (QED) is 0.268. The fourth-order valence-corrected chi connectivity index (χ4v) is 3.07. The molecule has 6 nitrogen and oxygen atoms in total. The molecule has 0 aliphatic carbocycles. The number of piperidine rings is 1. The van der Waals surface area contributed by atoms with Crippen molar-refractivity contribution in [3.05, 3.63) is 17.5 Å². The summed E-state index contributed by atoms with van der Waals surface area (Å²) in [5.41, 5.74) is 0.980. The first kappa shape index (κ1) is 22.2. The number of nitrogens with one attached hydrogen (secondary N) is 2. The first-order chi connectivity index (χ1) is 11.7. The minimum absolute atomic E-state index is 0. The van der Waals surface area contributed by atoms with Gasteiger partial charge in [0.15, 0.2) is 11.7 Å².